The van der Waals surface area contributed by atoms with Crippen LogP contribution in [0.4, 0.5) is 0 Å². The maximum absolute atomic E-state index is 6.84. The maximum Gasteiger partial charge on any atom is 0.159 e. The number of fused-ring (bicyclic) bond motifs is 9. The zero-order valence-corrected chi connectivity index (χ0v) is 30.6. The highest BCUT2D eigenvalue weighted by Crippen LogP contribution is 2.42. The first kappa shape index (κ1) is 31.6. The van der Waals surface area contributed by atoms with Crippen molar-refractivity contribution in [3.05, 3.63) is 199 Å². The number of rotatable bonds is 5. The Hall–Kier alpha value is -7.70. The fraction of sp³-hybridized carbons (Fsp3) is 0.0196. The Morgan fingerprint density at radius 3 is 1.93 bits per heavy atom. The molecule has 12 rings (SSSR count). The van der Waals surface area contributed by atoms with Crippen molar-refractivity contribution in [2.45, 2.75) is 6.17 Å². The number of furan rings is 2. The number of aromatic nitrogens is 1. The van der Waals surface area contributed by atoms with Gasteiger partial charge in [0.1, 0.15) is 28.8 Å². The van der Waals surface area contributed by atoms with Gasteiger partial charge in [0.15, 0.2) is 11.4 Å². The molecule has 0 bridgehead atoms. The molecule has 1 atom stereocenters. The van der Waals surface area contributed by atoms with E-state index in [1.54, 1.807) is 0 Å². The van der Waals surface area contributed by atoms with E-state index in [9.17, 15) is 0 Å². The summed E-state index contributed by atoms with van der Waals surface area (Å²) in [6.07, 6.45) is -0.280. The number of hydrogen-bond acceptors (Lipinski definition) is 5. The first-order valence-corrected chi connectivity index (χ1v) is 19.2. The van der Waals surface area contributed by atoms with E-state index in [0.29, 0.717) is 5.84 Å². The maximum atomic E-state index is 6.84. The fourth-order valence-corrected chi connectivity index (χ4v) is 8.64. The zero-order valence-electron chi connectivity index (χ0n) is 30.6. The molecule has 1 unspecified atom stereocenters. The molecular formula is C51H32N4O2. The molecule has 6 heteroatoms. The normalized spacial score (nSPS) is 14.5. The molecule has 0 saturated heterocycles. The van der Waals surface area contributed by atoms with E-state index in [4.69, 9.17) is 18.8 Å². The molecule has 0 radical (unpaired) electrons. The first-order chi connectivity index (χ1) is 28.2. The molecule has 1 aliphatic heterocycles. The Morgan fingerprint density at radius 2 is 1.12 bits per heavy atom. The molecule has 0 fully saturated rings. The lowest BCUT2D eigenvalue weighted by Crippen LogP contribution is -2.33. The molecule has 1 N–H and O–H groups in total. The van der Waals surface area contributed by atoms with Gasteiger partial charge >= 0.3 is 0 Å². The van der Waals surface area contributed by atoms with E-state index < -0.39 is 0 Å². The Labute approximate surface area is 326 Å². The van der Waals surface area contributed by atoms with E-state index in [1.807, 2.05) is 42.5 Å². The molecule has 3 aromatic heterocycles. The Bertz CT molecular complexity index is 3390. The van der Waals surface area contributed by atoms with Crippen LogP contribution in [0.5, 0.6) is 0 Å². The average Bonchev–Trinajstić information content (AvgIpc) is 3.96. The van der Waals surface area contributed by atoms with Crippen molar-refractivity contribution < 1.29 is 8.83 Å². The van der Waals surface area contributed by atoms with Gasteiger partial charge < -0.3 is 18.7 Å². The number of para-hydroxylation sites is 3. The third kappa shape index (κ3) is 4.97. The van der Waals surface area contributed by atoms with Gasteiger partial charge in [0.2, 0.25) is 0 Å². The number of amidine groups is 2. The monoisotopic (exact) mass is 732 g/mol. The van der Waals surface area contributed by atoms with Crippen LogP contribution in [-0.2, 0) is 0 Å². The molecule has 8 aromatic carbocycles. The highest BCUT2D eigenvalue weighted by molar-refractivity contribution is 6.18. The van der Waals surface area contributed by atoms with Gasteiger partial charge in [0.05, 0.1) is 16.7 Å². The van der Waals surface area contributed by atoms with Gasteiger partial charge in [-0.3, -0.25) is 0 Å². The van der Waals surface area contributed by atoms with Crippen molar-refractivity contribution in [1.82, 2.24) is 9.88 Å². The van der Waals surface area contributed by atoms with Crippen LogP contribution in [0.1, 0.15) is 22.9 Å². The quantitative estimate of drug-likeness (QED) is 0.192. The second kappa shape index (κ2) is 12.4. The van der Waals surface area contributed by atoms with Crippen LogP contribution in [0.3, 0.4) is 0 Å². The number of nitrogens with one attached hydrogen (secondary N) is 1. The number of hydrogen-bond donors (Lipinski definition) is 1. The SMILES string of the molecule is c1ccc(C2=NC(c3ccc4c(c3)oc3cccc(-c5ccc6c(c5)oc5c(-n7c8ccccc8c8ccccc87)cccc56)c34)=NC(c3ccccc3)N2)cc1. The Balaban J connectivity index is 0.975. The number of benzene rings is 8. The van der Waals surface area contributed by atoms with E-state index >= 15 is 0 Å². The van der Waals surface area contributed by atoms with Crippen molar-refractivity contribution in [2.75, 3.05) is 0 Å². The summed E-state index contributed by atoms with van der Waals surface area (Å²) in [7, 11) is 0. The summed E-state index contributed by atoms with van der Waals surface area (Å²) in [6, 6.07) is 63.2. The van der Waals surface area contributed by atoms with Crippen molar-refractivity contribution in [3.63, 3.8) is 0 Å². The van der Waals surface area contributed by atoms with Crippen LogP contribution in [0.15, 0.2) is 201 Å². The molecule has 0 aliphatic carbocycles. The van der Waals surface area contributed by atoms with Gasteiger partial charge in [0, 0.05) is 43.4 Å². The molecule has 6 nitrogen and oxygen atoms in total. The minimum absolute atomic E-state index is 0.280. The summed E-state index contributed by atoms with van der Waals surface area (Å²) >= 11 is 0. The average molecular weight is 733 g/mol. The van der Waals surface area contributed by atoms with Crippen molar-refractivity contribution in [3.8, 4) is 16.8 Å². The first-order valence-electron chi connectivity index (χ1n) is 19.2. The lowest BCUT2D eigenvalue weighted by molar-refractivity contribution is 0.666. The second-order valence-corrected chi connectivity index (χ2v) is 14.6. The molecule has 57 heavy (non-hydrogen) atoms. The van der Waals surface area contributed by atoms with Crippen LogP contribution in [0, 0.1) is 0 Å². The molecule has 11 aromatic rings. The van der Waals surface area contributed by atoms with E-state index in [2.05, 4.69) is 149 Å². The van der Waals surface area contributed by atoms with Crippen LogP contribution < -0.4 is 5.32 Å². The minimum Gasteiger partial charge on any atom is -0.456 e. The van der Waals surface area contributed by atoms with E-state index in [-0.39, 0.29) is 6.17 Å². The summed E-state index contributed by atoms with van der Waals surface area (Å²) in [5.74, 6) is 1.43. The van der Waals surface area contributed by atoms with Crippen molar-refractivity contribution in [2.24, 2.45) is 9.98 Å². The fourth-order valence-electron chi connectivity index (χ4n) is 8.64. The topological polar surface area (TPSA) is 68.0 Å². The molecule has 1 aliphatic rings. The van der Waals surface area contributed by atoms with Gasteiger partial charge in [0.25, 0.3) is 0 Å². The van der Waals surface area contributed by atoms with Gasteiger partial charge in [-0.15, -0.1) is 0 Å². The largest absolute Gasteiger partial charge is 0.456 e. The van der Waals surface area contributed by atoms with Crippen LogP contribution in [0.25, 0.3) is 82.5 Å². The summed E-state index contributed by atoms with van der Waals surface area (Å²) in [5.41, 5.74) is 11.7. The van der Waals surface area contributed by atoms with Crippen LogP contribution >= 0.6 is 0 Å². The summed E-state index contributed by atoms with van der Waals surface area (Å²) in [6.45, 7) is 0. The summed E-state index contributed by atoms with van der Waals surface area (Å²) in [5, 5.41) is 10.2. The van der Waals surface area contributed by atoms with Gasteiger partial charge in [-0.25, -0.2) is 9.98 Å². The summed E-state index contributed by atoms with van der Waals surface area (Å²) < 4.78 is 15.8. The van der Waals surface area contributed by atoms with E-state index in [0.717, 1.165) is 94.3 Å². The number of nitrogens with zero attached hydrogens (tertiary/aromatic N) is 3. The molecular weight excluding hydrogens is 701 g/mol. The van der Waals surface area contributed by atoms with E-state index in [1.165, 1.54) is 10.8 Å². The minimum atomic E-state index is -0.280. The predicted octanol–water partition coefficient (Wildman–Crippen LogP) is 12.7. The molecule has 268 valence electrons. The van der Waals surface area contributed by atoms with Gasteiger partial charge in [-0.1, -0.05) is 133 Å². The number of aliphatic imine (C=N–C) groups is 2. The molecule has 0 saturated carbocycles. The lowest BCUT2D eigenvalue weighted by Gasteiger charge is -2.23. The zero-order chi connectivity index (χ0) is 37.5. The van der Waals surface area contributed by atoms with Crippen LogP contribution in [-0.4, -0.2) is 16.2 Å². The molecule has 4 heterocycles. The Morgan fingerprint density at radius 1 is 0.474 bits per heavy atom. The van der Waals surface area contributed by atoms with Crippen molar-refractivity contribution >= 4 is 77.4 Å². The van der Waals surface area contributed by atoms with Crippen LogP contribution in [0.2, 0.25) is 0 Å². The standard InChI is InChI=1S/C51H32N4O2/c1-3-13-31(14-4-1)49-52-50(32-15-5-2-6-16-32)54-51(53-49)34-26-28-40-46(30-34)56-44-24-12-19-35(47(40)44)33-25-27-38-39-20-11-23-43(48(39)57-45(38)29-33)55-41-21-9-7-17-36(41)37-18-8-10-22-42(37)55/h1-30,49H,(H,52,53,54). The van der Waals surface area contributed by atoms with Gasteiger partial charge in [-0.05, 0) is 65.2 Å². The molecule has 0 amide bonds. The highest BCUT2D eigenvalue weighted by atomic mass is 16.3. The Kier molecular flexibility index (Phi) is 6.89. The second-order valence-electron chi connectivity index (χ2n) is 14.6. The smallest absolute Gasteiger partial charge is 0.159 e. The molecule has 0 spiro atoms. The summed E-state index contributed by atoms with van der Waals surface area (Å²) in [4.78, 5) is 10.1. The van der Waals surface area contributed by atoms with Gasteiger partial charge in [-0.2, -0.15) is 0 Å². The highest BCUT2D eigenvalue weighted by Gasteiger charge is 2.23. The van der Waals surface area contributed by atoms with Crippen molar-refractivity contribution in [1.29, 1.82) is 0 Å². The third-order valence-corrected chi connectivity index (χ3v) is 11.3. The lowest BCUT2D eigenvalue weighted by atomic mass is 9.98. The third-order valence-electron chi connectivity index (χ3n) is 11.3. The predicted molar refractivity (Wildman–Crippen MR) is 233 cm³/mol.